The van der Waals surface area contributed by atoms with E-state index in [2.05, 4.69) is 58.3 Å². The molecule has 0 radical (unpaired) electrons. The molecule has 2 heterocycles. The standard InChI is InChI=1S/C42H68N2O6S/c1-26(2)29-12-17-42(43-20-21-44-24-28-22-27(44)25-51(28,48)49)19-18-40(8)30(35(29)42)10-11-32-39(7)15-14-33(50-34(45)23-37(3,4)36(46)47)38(5,6)31(39)13-16-41(32,40)9/h27-33,35,43H,1,10-25H2,2-9H3,(H,46,47)/t27?,28-,29-,30+,31-,32+,33-,35+,39-,40+,41+,42-/m0/s1. The van der Waals surface area contributed by atoms with Gasteiger partial charge in [0.25, 0.3) is 0 Å². The second-order valence-electron chi connectivity index (χ2n) is 20.8. The van der Waals surface area contributed by atoms with E-state index < -0.39 is 21.2 Å². The molecule has 0 aromatic carbocycles. The Morgan fingerprint density at radius 2 is 1.67 bits per heavy atom. The first-order valence-corrected chi connectivity index (χ1v) is 22.1. The van der Waals surface area contributed by atoms with E-state index >= 15 is 0 Å². The lowest BCUT2D eigenvalue weighted by Gasteiger charge is -2.73. The zero-order valence-electron chi connectivity index (χ0n) is 33.0. The minimum absolute atomic E-state index is 0.108. The minimum atomic E-state index is -2.88. The largest absolute Gasteiger partial charge is 0.481 e. The van der Waals surface area contributed by atoms with Crippen LogP contribution in [0.1, 0.15) is 132 Å². The predicted octanol–water partition coefficient (Wildman–Crippen LogP) is 7.27. The van der Waals surface area contributed by atoms with E-state index in [4.69, 9.17) is 4.74 Å². The fraction of sp³-hybridized carbons (Fsp3) is 0.905. The van der Waals surface area contributed by atoms with Gasteiger partial charge in [-0.05, 0) is 137 Å². The number of carboxylic acid groups (broad SMARTS) is 1. The van der Waals surface area contributed by atoms with E-state index in [1.54, 1.807) is 13.8 Å². The Morgan fingerprint density at radius 3 is 2.29 bits per heavy atom. The van der Waals surface area contributed by atoms with Gasteiger partial charge in [0.2, 0.25) is 0 Å². The molecule has 0 aromatic rings. The summed E-state index contributed by atoms with van der Waals surface area (Å²) in [5.74, 6) is 1.79. The number of rotatable bonds is 9. The van der Waals surface area contributed by atoms with Crippen LogP contribution < -0.4 is 5.32 Å². The Morgan fingerprint density at radius 1 is 0.941 bits per heavy atom. The smallest absolute Gasteiger partial charge is 0.309 e. The average molecular weight is 729 g/mol. The Bertz CT molecular complexity index is 1560. The second kappa shape index (κ2) is 12.3. The maximum Gasteiger partial charge on any atom is 0.309 e. The first kappa shape index (κ1) is 37.8. The molecule has 5 saturated carbocycles. The van der Waals surface area contributed by atoms with E-state index in [1.165, 1.54) is 50.5 Å². The zero-order valence-corrected chi connectivity index (χ0v) is 33.8. The first-order valence-electron chi connectivity index (χ1n) is 20.4. The molecule has 0 aromatic heterocycles. The third-order valence-electron chi connectivity index (χ3n) is 17.7. The van der Waals surface area contributed by atoms with Crippen molar-refractivity contribution in [2.75, 3.05) is 25.4 Å². The summed E-state index contributed by atoms with van der Waals surface area (Å²) in [5, 5.41) is 13.7. The van der Waals surface area contributed by atoms with Gasteiger partial charge in [-0.15, -0.1) is 0 Å². The van der Waals surface area contributed by atoms with E-state index in [1.807, 2.05) is 0 Å². The lowest BCUT2D eigenvalue weighted by atomic mass is 9.32. The Kier molecular flexibility index (Phi) is 9.11. The Hall–Kier alpha value is -1.45. The summed E-state index contributed by atoms with van der Waals surface area (Å²) in [6.45, 7) is 25.2. The molecule has 5 aliphatic carbocycles. The van der Waals surface area contributed by atoms with E-state index in [0.29, 0.717) is 41.9 Å². The van der Waals surface area contributed by atoms with Crippen LogP contribution >= 0.6 is 0 Å². The van der Waals surface area contributed by atoms with Crippen molar-refractivity contribution in [2.45, 2.75) is 155 Å². The van der Waals surface area contributed by atoms with Crippen LogP contribution in [0, 0.1) is 56.7 Å². The molecule has 2 saturated heterocycles. The number of carbonyl (C=O) groups excluding carboxylic acids is 1. The van der Waals surface area contributed by atoms with Crippen molar-refractivity contribution in [3.8, 4) is 0 Å². The van der Waals surface area contributed by atoms with Crippen molar-refractivity contribution in [3.05, 3.63) is 12.2 Å². The summed E-state index contributed by atoms with van der Waals surface area (Å²) in [6.07, 6.45) is 12.1. The predicted molar refractivity (Wildman–Crippen MR) is 201 cm³/mol. The molecule has 1 unspecified atom stereocenters. The number of hydrogen-bond acceptors (Lipinski definition) is 7. The number of esters is 1. The molecule has 9 heteroatoms. The highest BCUT2D eigenvalue weighted by Crippen LogP contribution is 2.76. The number of nitrogens with zero attached hydrogens (tertiary/aromatic N) is 1. The Balaban J connectivity index is 1.09. The number of ether oxygens (including phenoxy) is 1. The summed E-state index contributed by atoms with van der Waals surface area (Å²) in [5.41, 5.74) is 0.765. The van der Waals surface area contributed by atoms with Gasteiger partial charge in [0.15, 0.2) is 9.84 Å². The normalized spacial score (nSPS) is 46.7. The maximum atomic E-state index is 13.1. The topological polar surface area (TPSA) is 113 Å². The molecule has 12 atom stereocenters. The van der Waals surface area contributed by atoms with Crippen LogP contribution in [-0.4, -0.2) is 78.7 Å². The summed E-state index contributed by atoms with van der Waals surface area (Å²) in [7, 11) is -2.88. The summed E-state index contributed by atoms with van der Waals surface area (Å²) >= 11 is 0. The molecular weight excluding hydrogens is 661 g/mol. The molecule has 0 spiro atoms. The van der Waals surface area contributed by atoms with Gasteiger partial charge in [0.1, 0.15) is 6.10 Å². The van der Waals surface area contributed by atoms with E-state index in [-0.39, 0.29) is 57.0 Å². The third-order valence-corrected chi connectivity index (χ3v) is 19.9. The summed E-state index contributed by atoms with van der Waals surface area (Å²) in [4.78, 5) is 27.3. The summed E-state index contributed by atoms with van der Waals surface area (Å²) < 4.78 is 31.0. The molecule has 51 heavy (non-hydrogen) atoms. The van der Waals surface area contributed by atoms with Gasteiger partial charge in [0.05, 0.1) is 22.8 Å². The van der Waals surface area contributed by atoms with Crippen LogP contribution in [-0.2, 0) is 24.2 Å². The number of carboxylic acids is 1. The number of hydrogen-bond donors (Lipinski definition) is 2. The number of carbonyl (C=O) groups is 2. The SMILES string of the molecule is C=C(C)[C@@H]1CC[C@]2(NCCN3C[C@@H]4CC3CS4(=O)=O)CC[C@]3(C)[C@H](CC[C@@H]4[C@@]5(C)CC[C@H](OC(=O)CC(C)(C)C(=O)O)C(C)(C)[C@@H]5CC[C@]43C)[C@@H]12. The zero-order chi connectivity index (χ0) is 37.2. The van der Waals surface area contributed by atoms with Crippen molar-refractivity contribution in [3.63, 3.8) is 0 Å². The van der Waals surface area contributed by atoms with Crippen LogP contribution in [0.2, 0.25) is 0 Å². The molecule has 8 nitrogen and oxygen atoms in total. The minimum Gasteiger partial charge on any atom is -0.481 e. The molecule has 7 aliphatic rings. The monoisotopic (exact) mass is 728 g/mol. The maximum absolute atomic E-state index is 13.1. The number of likely N-dealkylation sites (tertiary alicyclic amines) is 1. The highest BCUT2D eigenvalue weighted by Gasteiger charge is 2.71. The molecule has 2 aliphatic heterocycles. The molecule has 0 amide bonds. The van der Waals surface area contributed by atoms with Crippen LogP contribution in [0.25, 0.3) is 0 Å². The van der Waals surface area contributed by atoms with Gasteiger partial charge in [-0.1, -0.05) is 46.8 Å². The number of fused-ring (bicyclic) bond motifs is 9. The van der Waals surface area contributed by atoms with Gasteiger partial charge < -0.3 is 15.2 Å². The van der Waals surface area contributed by atoms with Crippen molar-refractivity contribution in [1.29, 1.82) is 0 Å². The highest BCUT2D eigenvalue weighted by atomic mass is 32.2. The summed E-state index contributed by atoms with van der Waals surface area (Å²) in [6, 6.07) is 0.208. The van der Waals surface area contributed by atoms with Crippen molar-refractivity contribution >= 4 is 21.8 Å². The lowest BCUT2D eigenvalue weighted by Crippen LogP contribution is -2.69. The van der Waals surface area contributed by atoms with Crippen molar-refractivity contribution in [1.82, 2.24) is 10.2 Å². The van der Waals surface area contributed by atoms with Crippen LogP contribution in [0.15, 0.2) is 12.2 Å². The third kappa shape index (κ3) is 5.64. The fourth-order valence-corrected chi connectivity index (χ4v) is 16.9. The first-order chi connectivity index (χ1) is 23.6. The van der Waals surface area contributed by atoms with Gasteiger partial charge in [-0.25, -0.2) is 8.42 Å². The second-order valence-corrected chi connectivity index (χ2v) is 23.1. The molecule has 288 valence electrons. The fourth-order valence-electron chi connectivity index (χ4n) is 14.8. The van der Waals surface area contributed by atoms with Gasteiger partial charge in [-0.3, -0.25) is 14.5 Å². The molecular formula is C42H68N2O6S. The molecule has 2 N–H and O–H groups in total. The van der Waals surface area contributed by atoms with Crippen LogP contribution in [0.4, 0.5) is 0 Å². The van der Waals surface area contributed by atoms with Crippen LogP contribution in [0.5, 0.6) is 0 Å². The van der Waals surface area contributed by atoms with E-state index in [0.717, 1.165) is 38.8 Å². The lowest BCUT2D eigenvalue weighted by molar-refractivity contribution is -0.246. The quantitative estimate of drug-likeness (QED) is 0.188. The van der Waals surface area contributed by atoms with Gasteiger partial charge in [0, 0.05) is 36.6 Å². The molecule has 2 bridgehead atoms. The van der Waals surface area contributed by atoms with Gasteiger partial charge >= 0.3 is 11.9 Å². The van der Waals surface area contributed by atoms with Crippen LogP contribution in [0.3, 0.4) is 0 Å². The van der Waals surface area contributed by atoms with Gasteiger partial charge in [-0.2, -0.15) is 0 Å². The number of aliphatic carboxylic acids is 1. The molecule has 7 fully saturated rings. The number of allylic oxidation sites excluding steroid dienone is 1. The van der Waals surface area contributed by atoms with Crippen molar-refractivity contribution < 1.29 is 27.9 Å². The highest BCUT2D eigenvalue weighted by molar-refractivity contribution is 7.92. The van der Waals surface area contributed by atoms with Crippen molar-refractivity contribution in [2.24, 2.45) is 56.7 Å². The van der Waals surface area contributed by atoms with E-state index in [9.17, 15) is 23.1 Å². The molecule has 7 rings (SSSR count). The number of nitrogens with one attached hydrogen (secondary N) is 1. The Labute approximate surface area is 308 Å². The number of sulfone groups is 1. The average Bonchev–Trinajstić information content (AvgIpc) is 3.69.